The van der Waals surface area contributed by atoms with E-state index in [9.17, 15) is 9.59 Å². The lowest BCUT2D eigenvalue weighted by atomic mass is 9.71. The van der Waals surface area contributed by atoms with Crippen LogP contribution in [0.3, 0.4) is 0 Å². The first-order valence-electron chi connectivity index (χ1n) is 8.18. The molecule has 4 nitrogen and oxygen atoms in total. The lowest BCUT2D eigenvalue weighted by molar-refractivity contribution is -0.156. The molecule has 0 aromatic carbocycles. The number of ether oxygens (including phenoxy) is 1. The fourth-order valence-electron chi connectivity index (χ4n) is 3.05. The summed E-state index contributed by atoms with van der Waals surface area (Å²) in [5, 5.41) is 0.0792. The van der Waals surface area contributed by atoms with Gasteiger partial charge in [-0.1, -0.05) is 34.6 Å². The van der Waals surface area contributed by atoms with Crippen LogP contribution in [0.5, 0.6) is 0 Å². The van der Waals surface area contributed by atoms with Gasteiger partial charge in [0.2, 0.25) is 0 Å². The largest absolute Gasteiger partial charge is 0.469 e. The molecule has 0 spiro atoms. The van der Waals surface area contributed by atoms with Gasteiger partial charge in [-0.2, -0.15) is 0 Å². The zero-order chi connectivity index (χ0) is 17.3. The zero-order valence-corrected chi connectivity index (χ0v) is 16.4. The van der Waals surface area contributed by atoms with Gasteiger partial charge in [-0.15, -0.1) is 0 Å². The third-order valence-electron chi connectivity index (χ3n) is 5.30. The van der Waals surface area contributed by atoms with Gasteiger partial charge in [0.25, 0.3) is 0 Å². The van der Waals surface area contributed by atoms with E-state index >= 15 is 0 Å². The van der Waals surface area contributed by atoms with Crippen molar-refractivity contribution in [2.45, 2.75) is 71.7 Å². The topological polar surface area (TPSA) is 52.6 Å². The van der Waals surface area contributed by atoms with Crippen LogP contribution in [-0.4, -0.2) is 33.3 Å². The first kappa shape index (κ1) is 19.4. The highest BCUT2D eigenvalue weighted by Crippen LogP contribution is 2.43. The molecular formula is C17H32O4Si. The van der Waals surface area contributed by atoms with Crippen LogP contribution >= 0.6 is 0 Å². The summed E-state index contributed by atoms with van der Waals surface area (Å²) in [5.74, 6) is -0.237. The SMILES string of the molecule is COC(=O)[C@@H]1CC(=O)C[C@H](O[Si](C)(C)C(C)(C)C)[C@H]1C(C)C. The molecule has 1 rings (SSSR count). The van der Waals surface area contributed by atoms with E-state index in [-0.39, 0.29) is 47.1 Å². The van der Waals surface area contributed by atoms with Crippen molar-refractivity contribution in [3.63, 3.8) is 0 Å². The molecule has 1 aliphatic carbocycles. The third kappa shape index (κ3) is 4.19. The quantitative estimate of drug-likeness (QED) is 0.582. The van der Waals surface area contributed by atoms with E-state index in [1.165, 1.54) is 7.11 Å². The predicted octanol–water partition coefficient (Wildman–Crippen LogP) is 3.80. The lowest BCUT2D eigenvalue weighted by Gasteiger charge is -2.45. The fraction of sp³-hybridized carbons (Fsp3) is 0.882. The minimum Gasteiger partial charge on any atom is -0.469 e. The number of hydrogen-bond acceptors (Lipinski definition) is 4. The van der Waals surface area contributed by atoms with Crippen LogP contribution in [0.25, 0.3) is 0 Å². The molecule has 0 aromatic heterocycles. The van der Waals surface area contributed by atoms with Crippen LogP contribution in [0, 0.1) is 17.8 Å². The minimum absolute atomic E-state index is 0.0410. The first-order chi connectivity index (χ1) is 9.90. The van der Waals surface area contributed by atoms with Crippen LogP contribution in [-0.2, 0) is 18.8 Å². The highest BCUT2D eigenvalue weighted by Gasteiger charge is 2.47. The van der Waals surface area contributed by atoms with Crippen LogP contribution in [0.4, 0.5) is 0 Å². The standard InChI is InChI=1S/C17H32O4Si/c1-11(2)15-13(16(19)20-6)9-12(18)10-14(15)21-22(7,8)17(3,4)5/h11,13-15H,9-10H2,1-8H3/t13-,14+,15+/m1/s1. The van der Waals surface area contributed by atoms with Gasteiger partial charge in [-0.05, 0) is 24.1 Å². The maximum absolute atomic E-state index is 12.1. The average Bonchev–Trinajstić information content (AvgIpc) is 2.34. The second-order valence-corrected chi connectivity index (χ2v) is 13.1. The van der Waals surface area contributed by atoms with Crippen LogP contribution in [0.1, 0.15) is 47.5 Å². The first-order valence-corrected chi connectivity index (χ1v) is 11.1. The zero-order valence-electron chi connectivity index (χ0n) is 15.4. The molecule has 22 heavy (non-hydrogen) atoms. The number of carbonyl (C=O) groups is 2. The van der Waals surface area contributed by atoms with E-state index in [2.05, 4.69) is 47.7 Å². The number of carbonyl (C=O) groups excluding carboxylic acids is 2. The van der Waals surface area contributed by atoms with Gasteiger partial charge in [0, 0.05) is 18.8 Å². The number of ketones is 1. The van der Waals surface area contributed by atoms with E-state index in [0.717, 1.165) is 0 Å². The number of Topliss-reactive ketones (excluding diaryl/α,β-unsaturated/α-hetero) is 1. The molecule has 0 aromatic rings. The molecule has 1 aliphatic rings. The molecule has 3 atom stereocenters. The fourth-order valence-corrected chi connectivity index (χ4v) is 4.40. The molecule has 0 N–H and O–H groups in total. The normalized spacial score (nSPS) is 27.1. The molecule has 0 bridgehead atoms. The van der Waals surface area contributed by atoms with Crippen LogP contribution in [0.2, 0.25) is 18.1 Å². The highest BCUT2D eigenvalue weighted by atomic mass is 28.4. The Labute approximate surface area is 136 Å². The molecule has 5 heteroatoms. The third-order valence-corrected chi connectivity index (χ3v) is 9.80. The molecule has 0 saturated heterocycles. The second-order valence-electron chi connectivity index (χ2n) is 8.31. The van der Waals surface area contributed by atoms with E-state index < -0.39 is 8.32 Å². The summed E-state index contributed by atoms with van der Waals surface area (Å²) in [5.41, 5.74) is 0. The van der Waals surface area contributed by atoms with Gasteiger partial charge >= 0.3 is 5.97 Å². The van der Waals surface area contributed by atoms with E-state index in [1.807, 2.05) is 0 Å². The molecule has 1 saturated carbocycles. The maximum Gasteiger partial charge on any atom is 0.309 e. The van der Waals surface area contributed by atoms with Gasteiger partial charge < -0.3 is 9.16 Å². The molecule has 0 heterocycles. The Morgan fingerprint density at radius 1 is 1.23 bits per heavy atom. The van der Waals surface area contributed by atoms with Crippen LogP contribution < -0.4 is 0 Å². The monoisotopic (exact) mass is 328 g/mol. The van der Waals surface area contributed by atoms with Crippen molar-refractivity contribution in [2.24, 2.45) is 17.8 Å². The Kier molecular flexibility index (Phi) is 6.01. The van der Waals surface area contributed by atoms with Crippen molar-refractivity contribution in [1.29, 1.82) is 0 Å². The van der Waals surface area contributed by atoms with Crippen molar-refractivity contribution < 1.29 is 18.8 Å². The average molecular weight is 329 g/mol. The van der Waals surface area contributed by atoms with Gasteiger partial charge in [0.05, 0.1) is 19.1 Å². The Hall–Kier alpha value is -0.683. The Balaban J connectivity index is 3.09. The maximum atomic E-state index is 12.1. The summed E-state index contributed by atoms with van der Waals surface area (Å²) >= 11 is 0. The van der Waals surface area contributed by atoms with Crippen molar-refractivity contribution in [3.8, 4) is 0 Å². The van der Waals surface area contributed by atoms with Crippen LogP contribution in [0.15, 0.2) is 0 Å². The molecule has 1 fully saturated rings. The second kappa shape index (κ2) is 6.83. The summed E-state index contributed by atoms with van der Waals surface area (Å²) in [6.45, 7) is 15.1. The number of rotatable bonds is 4. The summed E-state index contributed by atoms with van der Waals surface area (Å²) < 4.78 is 11.5. The number of methoxy groups -OCH3 is 1. The van der Waals surface area contributed by atoms with E-state index in [4.69, 9.17) is 9.16 Å². The van der Waals surface area contributed by atoms with Crippen molar-refractivity contribution in [3.05, 3.63) is 0 Å². The summed E-state index contributed by atoms with van der Waals surface area (Å²) in [6, 6.07) is 0. The molecular weight excluding hydrogens is 296 g/mol. The van der Waals surface area contributed by atoms with E-state index in [0.29, 0.717) is 6.42 Å². The van der Waals surface area contributed by atoms with Crippen molar-refractivity contribution >= 4 is 20.1 Å². The van der Waals surface area contributed by atoms with Gasteiger partial charge in [-0.3, -0.25) is 9.59 Å². The summed E-state index contributed by atoms with van der Waals surface area (Å²) in [6.07, 6.45) is 0.529. The van der Waals surface area contributed by atoms with Crippen molar-refractivity contribution in [2.75, 3.05) is 7.11 Å². The molecule has 0 radical (unpaired) electrons. The minimum atomic E-state index is -1.99. The molecule has 0 amide bonds. The highest BCUT2D eigenvalue weighted by molar-refractivity contribution is 6.74. The number of hydrogen-bond donors (Lipinski definition) is 0. The van der Waals surface area contributed by atoms with E-state index in [1.54, 1.807) is 0 Å². The van der Waals surface area contributed by atoms with Crippen molar-refractivity contribution in [1.82, 2.24) is 0 Å². The van der Waals surface area contributed by atoms with Gasteiger partial charge in [0.1, 0.15) is 5.78 Å². The summed E-state index contributed by atoms with van der Waals surface area (Å²) in [7, 11) is -0.597. The molecule has 0 unspecified atom stereocenters. The Morgan fingerprint density at radius 3 is 2.18 bits per heavy atom. The molecule has 128 valence electrons. The predicted molar refractivity (Wildman–Crippen MR) is 90.1 cm³/mol. The number of esters is 1. The Morgan fingerprint density at radius 2 is 1.77 bits per heavy atom. The lowest BCUT2D eigenvalue weighted by Crippen LogP contribution is -2.51. The summed E-state index contributed by atoms with van der Waals surface area (Å²) in [4.78, 5) is 24.3. The Bertz CT molecular complexity index is 423. The molecule has 0 aliphatic heterocycles. The van der Waals surface area contributed by atoms with Gasteiger partial charge in [0.15, 0.2) is 8.32 Å². The van der Waals surface area contributed by atoms with Gasteiger partial charge in [-0.25, -0.2) is 0 Å². The smallest absolute Gasteiger partial charge is 0.309 e.